The van der Waals surface area contributed by atoms with Crippen molar-refractivity contribution in [3.05, 3.63) is 29.0 Å². The van der Waals surface area contributed by atoms with Crippen LogP contribution in [0.3, 0.4) is 0 Å². The number of aliphatic hydroxyl groups is 1. The lowest BCUT2D eigenvalue weighted by molar-refractivity contribution is 0.0469. The van der Waals surface area contributed by atoms with Crippen LogP contribution in [0.25, 0.3) is 0 Å². The van der Waals surface area contributed by atoms with Crippen LogP contribution in [0.4, 0.5) is 0 Å². The van der Waals surface area contributed by atoms with Crippen molar-refractivity contribution in [2.24, 2.45) is 5.73 Å². The van der Waals surface area contributed by atoms with Gasteiger partial charge in [0.2, 0.25) is 0 Å². The van der Waals surface area contributed by atoms with Gasteiger partial charge in [-0.2, -0.15) is 0 Å². The molecule has 0 amide bonds. The van der Waals surface area contributed by atoms with E-state index in [2.05, 4.69) is 4.98 Å². The van der Waals surface area contributed by atoms with Crippen molar-refractivity contribution in [2.75, 3.05) is 0 Å². The molecular formula is C11H15ClN2O. The van der Waals surface area contributed by atoms with E-state index in [1.54, 1.807) is 12.4 Å². The average molecular weight is 227 g/mol. The topological polar surface area (TPSA) is 59.1 Å². The van der Waals surface area contributed by atoms with Crippen molar-refractivity contribution in [3.63, 3.8) is 0 Å². The van der Waals surface area contributed by atoms with Gasteiger partial charge < -0.3 is 10.8 Å². The Labute approximate surface area is 94.3 Å². The predicted octanol–water partition coefficient (Wildman–Crippen LogP) is 1.52. The predicted molar refractivity (Wildman–Crippen MR) is 59.7 cm³/mol. The Morgan fingerprint density at radius 3 is 3.07 bits per heavy atom. The summed E-state index contributed by atoms with van der Waals surface area (Å²) in [6, 6.07) is 1.97. The fourth-order valence-corrected chi connectivity index (χ4v) is 2.39. The summed E-state index contributed by atoms with van der Waals surface area (Å²) in [4.78, 5) is 3.92. The molecule has 1 heterocycles. The number of rotatable bonds is 2. The summed E-state index contributed by atoms with van der Waals surface area (Å²) in [6.45, 7) is 0. The van der Waals surface area contributed by atoms with Crippen molar-refractivity contribution in [3.8, 4) is 0 Å². The smallest absolute Gasteiger partial charge is 0.0703 e. The third kappa shape index (κ3) is 2.48. The molecule has 3 nitrogen and oxygen atoms in total. The van der Waals surface area contributed by atoms with Gasteiger partial charge in [0.15, 0.2) is 0 Å². The maximum atomic E-state index is 10.3. The molecule has 3 N–H and O–H groups in total. The second kappa shape index (κ2) is 4.08. The largest absolute Gasteiger partial charge is 0.389 e. The summed E-state index contributed by atoms with van der Waals surface area (Å²) in [5.74, 6) is 0. The third-order valence-corrected chi connectivity index (χ3v) is 3.34. The fourth-order valence-electron chi connectivity index (χ4n) is 2.21. The first kappa shape index (κ1) is 10.9. The van der Waals surface area contributed by atoms with Gasteiger partial charge in [-0.1, -0.05) is 11.6 Å². The van der Waals surface area contributed by atoms with Gasteiger partial charge in [0.1, 0.15) is 0 Å². The van der Waals surface area contributed by atoms with Crippen molar-refractivity contribution in [2.45, 2.75) is 37.3 Å². The van der Waals surface area contributed by atoms with Gasteiger partial charge in [-0.05, 0) is 30.9 Å². The third-order valence-electron chi connectivity index (χ3n) is 3.00. The van der Waals surface area contributed by atoms with E-state index in [0.717, 1.165) is 18.4 Å². The number of pyridine rings is 1. The van der Waals surface area contributed by atoms with Crippen LogP contribution in [0, 0.1) is 0 Å². The molecule has 1 aliphatic rings. The first-order chi connectivity index (χ1) is 7.09. The number of hydrogen-bond acceptors (Lipinski definition) is 3. The van der Waals surface area contributed by atoms with Gasteiger partial charge in [-0.15, -0.1) is 0 Å². The lowest BCUT2D eigenvalue weighted by Gasteiger charge is -2.22. The first-order valence-corrected chi connectivity index (χ1v) is 5.53. The molecule has 1 aliphatic carbocycles. The minimum atomic E-state index is -0.676. The molecule has 2 unspecified atom stereocenters. The second-order valence-corrected chi connectivity index (χ2v) is 4.78. The van der Waals surface area contributed by atoms with Gasteiger partial charge in [0.05, 0.1) is 10.6 Å². The molecule has 0 saturated heterocycles. The van der Waals surface area contributed by atoms with Crippen molar-refractivity contribution >= 4 is 11.6 Å². The number of hydrogen-bond donors (Lipinski definition) is 2. The number of nitrogens with two attached hydrogens (primary N) is 1. The summed E-state index contributed by atoms with van der Waals surface area (Å²) >= 11 is 6.00. The van der Waals surface area contributed by atoms with E-state index in [9.17, 15) is 5.11 Å². The Kier molecular flexibility index (Phi) is 2.96. The molecule has 2 atom stereocenters. The molecule has 0 spiro atoms. The SMILES string of the molecule is NC1CCC(O)(Cc2ccncc2Cl)C1. The number of nitrogens with zero attached hydrogens (tertiary/aromatic N) is 1. The summed E-state index contributed by atoms with van der Waals surface area (Å²) < 4.78 is 0. The summed E-state index contributed by atoms with van der Waals surface area (Å²) in [7, 11) is 0. The average Bonchev–Trinajstić information content (AvgIpc) is 2.51. The summed E-state index contributed by atoms with van der Waals surface area (Å²) in [5, 5.41) is 10.9. The molecule has 1 saturated carbocycles. The normalized spacial score (nSPS) is 30.7. The molecule has 4 heteroatoms. The van der Waals surface area contributed by atoms with Crippen LogP contribution in [0.15, 0.2) is 18.5 Å². The monoisotopic (exact) mass is 226 g/mol. The molecule has 15 heavy (non-hydrogen) atoms. The van der Waals surface area contributed by atoms with E-state index in [4.69, 9.17) is 17.3 Å². The Balaban J connectivity index is 2.12. The highest BCUT2D eigenvalue weighted by Gasteiger charge is 2.35. The van der Waals surface area contributed by atoms with Crippen LogP contribution in [0.5, 0.6) is 0 Å². The quantitative estimate of drug-likeness (QED) is 0.804. The zero-order valence-corrected chi connectivity index (χ0v) is 9.24. The standard InChI is InChI=1S/C11H15ClN2O/c12-10-7-14-4-2-8(10)5-11(15)3-1-9(13)6-11/h2,4,7,9,15H,1,3,5-6,13H2. The molecule has 0 aliphatic heterocycles. The van der Waals surface area contributed by atoms with Gasteiger partial charge in [0, 0.05) is 24.9 Å². The Bertz CT molecular complexity index is 358. The van der Waals surface area contributed by atoms with Crippen molar-refractivity contribution < 1.29 is 5.11 Å². The highest BCUT2D eigenvalue weighted by atomic mass is 35.5. The minimum Gasteiger partial charge on any atom is -0.389 e. The highest BCUT2D eigenvalue weighted by molar-refractivity contribution is 6.31. The van der Waals surface area contributed by atoms with Crippen molar-refractivity contribution in [1.82, 2.24) is 4.98 Å². The number of halogens is 1. The molecular weight excluding hydrogens is 212 g/mol. The van der Waals surface area contributed by atoms with Crippen LogP contribution in [0.2, 0.25) is 5.02 Å². The Morgan fingerprint density at radius 2 is 2.47 bits per heavy atom. The fraction of sp³-hybridized carbons (Fsp3) is 0.545. The molecule has 0 bridgehead atoms. The van der Waals surface area contributed by atoms with Gasteiger partial charge >= 0.3 is 0 Å². The summed E-state index contributed by atoms with van der Waals surface area (Å²) in [5.41, 5.74) is 6.07. The van der Waals surface area contributed by atoms with E-state index in [1.807, 2.05) is 6.07 Å². The minimum absolute atomic E-state index is 0.121. The maximum absolute atomic E-state index is 10.3. The zero-order chi connectivity index (χ0) is 10.9. The lowest BCUT2D eigenvalue weighted by atomic mass is 9.93. The summed E-state index contributed by atoms with van der Waals surface area (Å²) in [6.07, 6.45) is 6.17. The van der Waals surface area contributed by atoms with Crippen LogP contribution in [-0.2, 0) is 6.42 Å². The maximum Gasteiger partial charge on any atom is 0.0703 e. The van der Waals surface area contributed by atoms with Crippen LogP contribution >= 0.6 is 11.6 Å². The first-order valence-electron chi connectivity index (χ1n) is 5.15. The molecule has 1 aromatic heterocycles. The van der Waals surface area contributed by atoms with Crippen LogP contribution in [0.1, 0.15) is 24.8 Å². The molecule has 82 valence electrons. The zero-order valence-electron chi connectivity index (χ0n) is 8.49. The number of aromatic nitrogens is 1. The van der Waals surface area contributed by atoms with E-state index in [1.165, 1.54) is 0 Å². The lowest BCUT2D eigenvalue weighted by Crippen LogP contribution is -2.30. The van der Waals surface area contributed by atoms with E-state index in [-0.39, 0.29) is 6.04 Å². The Hall–Kier alpha value is -0.640. The second-order valence-electron chi connectivity index (χ2n) is 4.37. The van der Waals surface area contributed by atoms with E-state index < -0.39 is 5.60 Å². The van der Waals surface area contributed by atoms with Gasteiger partial charge in [-0.3, -0.25) is 4.98 Å². The van der Waals surface area contributed by atoms with E-state index in [0.29, 0.717) is 17.9 Å². The molecule has 0 aromatic carbocycles. The van der Waals surface area contributed by atoms with Crippen molar-refractivity contribution in [1.29, 1.82) is 0 Å². The van der Waals surface area contributed by atoms with Crippen LogP contribution < -0.4 is 5.73 Å². The molecule has 0 radical (unpaired) electrons. The van der Waals surface area contributed by atoms with E-state index >= 15 is 0 Å². The molecule has 1 aromatic rings. The van der Waals surface area contributed by atoms with Gasteiger partial charge in [-0.25, -0.2) is 0 Å². The Morgan fingerprint density at radius 1 is 1.67 bits per heavy atom. The highest BCUT2D eigenvalue weighted by Crippen LogP contribution is 2.33. The molecule has 1 fully saturated rings. The van der Waals surface area contributed by atoms with Gasteiger partial charge in [0.25, 0.3) is 0 Å². The van der Waals surface area contributed by atoms with Crippen LogP contribution in [-0.4, -0.2) is 21.7 Å². The molecule has 2 rings (SSSR count).